The van der Waals surface area contributed by atoms with Crippen LogP contribution in [-0.2, 0) is 0 Å². The van der Waals surface area contributed by atoms with Crippen molar-refractivity contribution in [3.63, 3.8) is 0 Å². The number of nitrogens with zero attached hydrogens (tertiary/aromatic N) is 2. The maximum atomic E-state index is 13.4. The van der Waals surface area contributed by atoms with Gasteiger partial charge in [0.05, 0.1) is 10.4 Å². The number of aliphatic hydroxyl groups excluding tert-OH is 1. The summed E-state index contributed by atoms with van der Waals surface area (Å²) in [6.07, 6.45) is 5.58. The van der Waals surface area contributed by atoms with Crippen LogP contribution >= 0.6 is 11.6 Å². The van der Waals surface area contributed by atoms with Crippen molar-refractivity contribution >= 4 is 34.1 Å². The molecule has 1 fully saturated rings. The first-order valence-corrected chi connectivity index (χ1v) is 11.8. The van der Waals surface area contributed by atoms with Crippen LogP contribution in [0.1, 0.15) is 41.7 Å². The Kier molecular flexibility index (Phi) is 6.47. The molecule has 0 amide bonds. The third kappa shape index (κ3) is 4.62. The summed E-state index contributed by atoms with van der Waals surface area (Å²) in [6.45, 7) is 0.239. The minimum absolute atomic E-state index is 0.239. The number of H-pyrrole nitrogens is 1. The number of aromatic amines is 1. The standard InChI is InChI=1S/C26H25ClN4O3/c27-21-14-19(34-18-4-2-1-3-5-18)10-11-20(21)25(33)24-23-22(12-13-28-26(23)31-30-24)29-17-8-6-16(15-32)7-9-17/h1-5,10-14,16-17,32H,6-9,15H2,(H2,28,29,30,31)/t16-,17-. The lowest BCUT2D eigenvalue weighted by atomic mass is 9.86. The van der Waals surface area contributed by atoms with Crippen molar-refractivity contribution in [3.05, 3.63) is 77.1 Å². The van der Waals surface area contributed by atoms with E-state index in [-0.39, 0.29) is 29.1 Å². The van der Waals surface area contributed by atoms with Crippen LogP contribution in [0.25, 0.3) is 11.0 Å². The van der Waals surface area contributed by atoms with Crippen LogP contribution in [0.3, 0.4) is 0 Å². The second kappa shape index (κ2) is 9.83. The number of hydrogen-bond donors (Lipinski definition) is 3. The molecule has 5 rings (SSSR count). The van der Waals surface area contributed by atoms with Crippen molar-refractivity contribution in [2.75, 3.05) is 11.9 Å². The molecule has 1 aliphatic carbocycles. The van der Waals surface area contributed by atoms with E-state index in [2.05, 4.69) is 20.5 Å². The highest BCUT2D eigenvalue weighted by atomic mass is 35.5. The van der Waals surface area contributed by atoms with Crippen molar-refractivity contribution in [2.45, 2.75) is 31.7 Å². The number of aliphatic hydroxyl groups is 1. The zero-order valence-electron chi connectivity index (χ0n) is 18.5. The predicted octanol–water partition coefficient (Wildman–Crippen LogP) is 5.60. The molecule has 0 spiro atoms. The van der Waals surface area contributed by atoms with Gasteiger partial charge >= 0.3 is 0 Å². The quantitative estimate of drug-likeness (QED) is 0.300. The first-order chi connectivity index (χ1) is 16.6. The number of hydrogen-bond acceptors (Lipinski definition) is 6. The number of anilines is 1. The molecule has 0 aliphatic heterocycles. The summed E-state index contributed by atoms with van der Waals surface area (Å²) in [7, 11) is 0. The van der Waals surface area contributed by atoms with E-state index in [4.69, 9.17) is 16.3 Å². The van der Waals surface area contributed by atoms with Crippen molar-refractivity contribution < 1.29 is 14.6 Å². The summed E-state index contributed by atoms with van der Waals surface area (Å²) in [6, 6.07) is 16.5. The van der Waals surface area contributed by atoms with Gasteiger partial charge in [-0.2, -0.15) is 5.10 Å². The average molecular weight is 477 g/mol. The Hall–Kier alpha value is -3.42. The van der Waals surface area contributed by atoms with E-state index < -0.39 is 0 Å². The largest absolute Gasteiger partial charge is 0.457 e. The smallest absolute Gasteiger partial charge is 0.215 e. The molecule has 0 saturated heterocycles. The fraction of sp³-hybridized carbons (Fsp3) is 0.269. The normalized spacial score (nSPS) is 18.1. The maximum absolute atomic E-state index is 13.4. The van der Waals surface area contributed by atoms with Crippen LogP contribution in [0.2, 0.25) is 5.02 Å². The molecule has 174 valence electrons. The number of nitrogens with one attached hydrogen (secondary N) is 2. The van der Waals surface area contributed by atoms with Crippen LogP contribution in [0, 0.1) is 5.92 Å². The highest BCUT2D eigenvalue weighted by molar-refractivity contribution is 6.35. The van der Waals surface area contributed by atoms with Gasteiger partial charge in [-0.3, -0.25) is 9.89 Å². The number of pyridine rings is 1. The van der Waals surface area contributed by atoms with E-state index in [0.29, 0.717) is 34.0 Å². The molecule has 2 aromatic heterocycles. The summed E-state index contributed by atoms with van der Waals surface area (Å²) < 4.78 is 5.82. The number of benzene rings is 2. The van der Waals surface area contributed by atoms with Gasteiger partial charge < -0.3 is 15.2 Å². The lowest BCUT2D eigenvalue weighted by Crippen LogP contribution is -2.27. The summed E-state index contributed by atoms with van der Waals surface area (Å²) >= 11 is 6.49. The lowest BCUT2D eigenvalue weighted by Gasteiger charge is -2.28. The highest BCUT2D eigenvalue weighted by Crippen LogP contribution is 2.33. The summed E-state index contributed by atoms with van der Waals surface area (Å²) in [5, 5.41) is 21.1. The molecule has 1 aliphatic rings. The topological polar surface area (TPSA) is 100 Å². The first kappa shape index (κ1) is 22.4. The monoisotopic (exact) mass is 476 g/mol. The summed E-state index contributed by atoms with van der Waals surface area (Å²) in [4.78, 5) is 17.8. The lowest BCUT2D eigenvalue weighted by molar-refractivity contribution is 0.103. The van der Waals surface area contributed by atoms with Crippen molar-refractivity contribution in [2.24, 2.45) is 5.92 Å². The minimum Gasteiger partial charge on any atom is -0.457 e. The molecule has 0 radical (unpaired) electrons. The predicted molar refractivity (Wildman–Crippen MR) is 132 cm³/mol. The Balaban J connectivity index is 1.40. The molecule has 0 unspecified atom stereocenters. The molecule has 2 aromatic carbocycles. The number of rotatable bonds is 7. The maximum Gasteiger partial charge on any atom is 0.215 e. The molecule has 2 heterocycles. The van der Waals surface area contributed by atoms with E-state index in [1.165, 1.54) is 0 Å². The van der Waals surface area contributed by atoms with E-state index in [1.54, 1.807) is 24.4 Å². The summed E-state index contributed by atoms with van der Waals surface area (Å²) in [5.74, 6) is 1.31. The fourth-order valence-corrected chi connectivity index (χ4v) is 4.70. The van der Waals surface area contributed by atoms with E-state index >= 15 is 0 Å². The molecule has 1 saturated carbocycles. The zero-order valence-corrected chi connectivity index (χ0v) is 19.3. The van der Waals surface area contributed by atoms with Crippen LogP contribution in [0.15, 0.2) is 60.8 Å². The Labute approximate surface area is 202 Å². The molecule has 3 N–H and O–H groups in total. The second-order valence-corrected chi connectivity index (χ2v) is 8.99. The summed E-state index contributed by atoms with van der Waals surface area (Å²) in [5.41, 5.74) is 1.97. The van der Waals surface area contributed by atoms with Crippen molar-refractivity contribution in [1.29, 1.82) is 0 Å². The Morgan fingerprint density at radius 2 is 1.88 bits per heavy atom. The van der Waals surface area contributed by atoms with Crippen molar-refractivity contribution in [3.8, 4) is 11.5 Å². The molecule has 7 nitrogen and oxygen atoms in total. The Morgan fingerprint density at radius 3 is 2.62 bits per heavy atom. The molecule has 0 bridgehead atoms. The number of carbonyl (C=O) groups excluding carboxylic acids is 1. The van der Waals surface area contributed by atoms with E-state index in [1.807, 2.05) is 36.4 Å². The Morgan fingerprint density at radius 1 is 1.09 bits per heavy atom. The molecular weight excluding hydrogens is 452 g/mol. The fourth-order valence-electron chi connectivity index (χ4n) is 4.44. The average Bonchev–Trinajstić information content (AvgIpc) is 3.30. The number of fused-ring (bicyclic) bond motifs is 1. The molecule has 8 heteroatoms. The van der Waals surface area contributed by atoms with Crippen LogP contribution < -0.4 is 10.1 Å². The van der Waals surface area contributed by atoms with Crippen LogP contribution in [-0.4, -0.2) is 38.7 Å². The van der Waals surface area contributed by atoms with Gasteiger partial charge in [-0.1, -0.05) is 29.8 Å². The minimum atomic E-state index is -0.289. The van der Waals surface area contributed by atoms with Crippen LogP contribution in [0.4, 0.5) is 5.69 Å². The van der Waals surface area contributed by atoms with Gasteiger partial charge in [0.1, 0.15) is 17.2 Å². The zero-order chi connectivity index (χ0) is 23.5. The molecule has 4 aromatic rings. The third-order valence-corrected chi connectivity index (χ3v) is 6.62. The van der Waals surface area contributed by atoms with Crippen molar-refractivity contribution in [1.82, 2.24) is 15.2 Å². The highest BCUT2D eigenvalue weighted by Gasteiger charge is 2.25. The SMILES string of the molecule is O=C(c1ccc(Oc2ccccc2)cc1Cl)c1n[nH]c2nccc(N[C@H]3CC[C@H](CO)CC3)c12. The Bertz CT molecular complexity index is 1300. The number of ketones is 1. The number of aromatic nitrogens is 3. The number of ether oxygens (including phenoxy) is 1. The van der Waals surface area contributed by atoms with Gasteiger partial charge in [0, 0.05) is 36.2 Å². The van der Waals surface area contributed by atoms with Gasteiger partial charge in [0.15, 0.2) is 5.65 Å². The van der Waals surface area contributed by atoms with Gasteiger partial charge in [0.25, 0.3) is 0 Å². The number of carbonyl (C=O) groups is 1. The first-order valence-electron chi connectivity index (χ1n) is 11.4. The van der Waals surface area contributed by atoms with Gasteiger partial charge in [-0.15, -0.1) is 0 Å². The molecular formula is C26H25ClN4O3. The molecule has 34 heavy (non-hydrogen) atoms. The van der Waals surface area contributed by atoms with E-state index in [0.717, 1.165) is 31.4 Å². The number of halogens is 1. The second-order valence-electron chi connectivity index (χ2n) is 8.58. The third-order valence-electron chi connectivity index (χ3n) is 6.31. The molecule has 0 atom stereocenters. The van der Waals surface area contributed by atoms with Gasteiger partial charge in [-0.05, 0) is 61.9 Å². The van der Waals surface area contributed by atoms with Gasteiger partial charge in [0.2, 0.25) is 5.78 Å². The number of para-hydroxylation sites is 1. The van der Waals surface area contributed by atoms with Crippen LogP contribution in [0.5, 0.6) is 11.5 Å². The van der Waals surface area contributed by atoms with Gasteiger partial charge in [-0.25, -0.2) is 4.98 Å². The van der Waals surface area contributed by atoms with E-state index in [9.17, 15) is 9.90 Å².